The van der Waals surface area contributed by atoms with Gasteiger partial charge in [-0.05, 0) is 23.8 Å². The van der Waals surface area contributed by atoms with Crippen molar-refractivity contribution in [1.82, 2.24) is 0 Å². The summed E-state index contributed by atoms with van der Waals surface area (Å²) in [6, 6.07) is 32.3. The Bertz CT molecular complexity index is 781. The molecule has 4 rings (SSSR count). The van der Waals surface area contributed by atoms with Crippen LogP contribution in [0.5, 0.6) is 0 Å². The minimum Gasteiger partial charge on any atom is -0.387 e. The van der Waals surface area contributed by atoms with E-state index < -0.39 is 19.9 Å². The SMILES string of the molecule is O=C1C=CC(=O)O1.c1ccc(P(c2ccccc2)c2ccccc2)cc1. The summed E-state index contributed by atoms with van der Waals surface area (Å²) in [6.07, 6.45) is 2.17. The number of cyclic esters (lactones) is 2. The number of carbonyl (C=O) groups is 2. The fourth-order valence-electron chi connectivity index (χ4n) is 2.48. The second kappa shape index (κ2) is 8.89. The molecule has 1 heterocycles. The second-order valence-electron chi connectivity index (χ2n) is 5.42. The number of esters is 2. The molecule has 0 aromatic heterocycles. The van der Waals surface area contributed by atoms with Crippen LogP contribution in [0.4, 0.5) is 0 Å². The smallest absolute Gasteiger partial charge is 0.338 e. The molecule has 3 aromatic carbocycles. The van der Waals surface area contributed by atoms with Crippen molar-refractivity contribution >= 4 is 35.8 Å². The van der Waals surface area contributed by atoms with E-state index in [-0.39, 0.29) is 0 Å². The molecule has 0 bridgehead atoms. The maximum atomic E-state index is 9.92. The van der Waals surface area contributed by atoms with Crippen molar-refractivity contribution in [1.29, 1.82) is 0 Å². The van der Waals surface area contributed by atoms with Crippen molar-refractivity contribution in [2.45, 2.75) is 0 Å². The van der Waals surface area contributed by atoms with Crippen LogP contribution in [0.3, 0.4) is 0 Å². The van der Waals surface area contributed by atoms with Crippen LogP contribution in [0.2, 0.25) is 0 Å². The zero-order valence-electron chi connectivity index (χ0n) is 14.0. The molecule has 26 heavy (non-hydrogen) atoms. The lowest BCUT2D eigenvalue weighted by Crippen LogP contribution is -2.20. The van der Waals surface area contributed by atoms with Crippen LogP contribution in [0.25, 0.3) is 0 Å². The van der Waals surface area contributed by atoms with E-state index in [9.17, 15) is 9.59 Å². The molecule has 0 saturated carbocycles. The van der Waals surface area contributed by atoms with Crippen LogP contribution < -0.4 is 15.9 Å². The lowest BCUT2D eigenvalue weighted by atomic mass is 10.4. The van der Waals surface area contributed by atoms with Gasteiger partial charge in [0.05, 0.1) is 0 Å². The molecule has 0 atom stereocenters. The molecular weight excluding hydrogens is 343 g/mol. The zero-order chi connectivity index (χ0) is 18.2. The molecular formula is C22H17O3P. The third-order valence-electron chi connectivity index (χ3n) is 3.60. The normalized spacial score (nSPS) is 12.5. The fraction of sp³-hybridized carbons (Fsp3) is 0. The molecule has 3 aromatic rings. The first-order chi connectivity index (χ1) is 12.7. The molecule has 0 fully saturated rings. The minimum absolute atomic E-state index is 0.446. The Balaban J connectivity index is 0.000000236. The minimum atomic E-state index is -0.579. The molecule has 1 aliphatic rings. The average molecular weight is 360 g/mol. The summed E-state index contributed by atoms with van der Waals surface area (Å²) in [4.78, 5) is 19.8. The molecule has 0 saturated heterocycles. The Morgan fingerprint density at radius 1 is 0.500 bits per heavy atom. The largest absolute Gasteiger partial charge is 0.387 e. The highest BCUT2D eigenvalue weighted by molar-refractivity contribution is 7.79. The van der Waals surface area contributed by atoms with Crippen LogP contribution in [0, 0.1) is 0 Å². The van der Waals surface area contributed by atoms with Gasteiger partial charge in [-0.2, -0.15) is 0 Å². The van der Waals surface area contributed by atoms with Crippen LogP contribution in [0.1, 0.15) is 0 Å². The summed E-state index contributed by atoms with van der Waals surface area (Å²) in [6.45, 7) is 0. The maximum Gasteiger partial charge on any atom is 0.338 e. The van der Waals surface area contributed by atoms with Crippen LogP contribution in [-0.2, 0) is 14.3 Å². The summed E-state index contributed by atoms with van der Waals surface area (Å²) in [5.74, 6) is -1.16. The summed E-state index contributed by atoms with van der Waals surface area (Å²) in [5, 5.41) is 4.19. The van der Waals surface area contributed by atoms with Crippen molar-refractivity contribution in [3.63, 3.8) is 0 Å². The Morgan fingerprint density at radius 3 is 1.04 bits per heavy atom. The van der Waals surface area contributed by atoms with Gasteiger partial charge in [-0.3, -0.25) is 0 Å². The van der Waals surface area contributed by atoms with Gasteiger partial charge in [-0.25, -0.2) is 9.59 Å². The molecule has 0 unspecified atom stereocenters. The van der Waals surface area contributed by atoms with Crippen molar-refractivity contribution in [3.05, 3.63) is 103 Å². The molecule has 0 spiro atoms. The van der Waals surface area contributed by atoms with Gasteiger partial charge in [-0.1, -0.05) is 91.0 Å². The van der Waals surface area contributed by atoms with E-state index in [1.54, 1.807) is 0 Å². The van der Waals surface area contributed by atoms with Crippen molar-refractivity contribution < 1.29 is 14.3 Å². The molecule has 4 heteroatoms. The van der Waals surface area contributed by atoms with Gasteiger partial charge >= 0.3 is 11.9 Å². The molecule has 0 N–H and O–H groups in total. The third kappa shape index (κ3) is 4.75. The first-order valence-corrected chi connectivity index (χ1v) is 9.47. The fourth-order valence-corrected chi connectivity index (χ4v) is 4.79. The predicted molar refractivity (Wildman–Crippen MR) is 105 cm³/mol. The van der Waals surface area contributed by atoms with Crippen LogP contribution in [-0.4, -0.2) is 11.9 Å². The molecule has 0 amide bonds. The third-order valence-corrected chi connectivity index (χ3v) is 6.04. The monoisotopic (exact) mass is 360 g/mol. The van der Waals surface area contributed by atoms with E-state index in [0.29, 0.717) is 0 Å². The molecule has 128 valence electrons. The maximum absolute atomic E-state index is 9.92. The lowest BCUT2D eigenvalue weighted by molar-refractivity contribution is -0.150. The van der Waals surface area contributed by atoms with Crippen molar-refractivity contribution in [3.8, 4) is 0 Å². The van der Waals surface area contributed by atoms with E-state index >= 15 is 0 Å². The molecule has 3 nitrogen and oxygen atoms in total. The summed E-state index contributed by atoms with van der Waals surface area (Å²) in [7, 11) is -0.446. The second-order valence-corrected chi connectivity index (χ2v) is 7.64. The highest BCUT2D eigenvalue weighted by Crippen LogP contribution is 2.32. The molecule has 1 aliphatic heterocycles. The van der Waals surface area contributed by atoms with Gasteiger partial charge in [0.25, 0.3) is 0 Å². The summed E-state index contributed by atoms with van der Waals surface area (Å²) < 4.78 is 3.97. The highest BCUT2D eigenvalue weighted by atomic mass is 31.1. The highest BCUT2D eigenvalue weighted by Gasteiger charge is 2.15. The van der Waals surface area contributed by atoms with Gasteiger partial charge in [0.2, 0.25) is 0 Å². The number of ether oxygens (including phenoxy) is 1. The predicted octanol–water partition coefficient (Wildman–Crippen LogP) is 3.07. The summed E-state index contributed by atoms with van der Waals surface area (Å²) >= 11 is 0. The summed E-state index contributed by atoms with van der Waals surface area (Å²) in [5.41, 5.74) is 0. The van der Waals surface area contributed by atoms with Gasteiger partial charge in [0, 0.05) is 12.2 Å². The van der Waals surface area contributed by atoms with E-state index in [4.69, 9.17) is 0 Å². The average Bonchev–Trinajstić information content (AvgIpc) is 3.08. The topological polar surface area (TPSA) is 43.4 Å². The van der Waals surface area contributed by atoms with Crippen molar-refractivity contribution in [2.24, 2.45) is 0 Å². The number of carbonyl (C=O) groups excluding carboxylic acids is 2. The Hall–Kier alpha value is -3.03. The lowest BCUT2D eigenvalue weighted by Gasteiger charge is -2.18. The number of hydrogen-bond donors (Lipinski definition) is 0. The van der Waals surface area contributed by atoms with Gasteiger partial charge in [0.1, 0.15) is 0 Å². The number of benzene rings is 3. The zero-order valence-corrected chi connectivity index (χ0v) is 14.9. The quantitative estimate of drug-likeness (QED) is 0.410. The van der Waals surface area contributed by atoms with E-state index in [1.165, 1.54) is 15.9 Å². The number of hydrogen-bond acceptors (Lipinski definition) is 3. The van der Waals surface area contributed by atoms with E-state index in [0.717, 1.165) is 12.2 Å². The first kappa shape index (κ1) is 17.8. The van der Waals surface area contributed by atoms with Crippen molar-refractivity contribution in [2.75, 3.05) is 0 Å². The van der Waals surface area contributed by atoms with E-state index in [2.05, 4.69) is 95.7 Å². The van der Waals surface area contributed by atoms with Gasteiger partial charge in [-0.15, -0.1) is 0 Å². The van der Waals surface area contributed by atoms with Gasteiger partial charge < -0.3 is 4.74 Å². The Kier molecular flexibility index (Phi) is 6.08. The van der Waals surface area contributed by atoms with Crippen LogP contribution in [0.15, 0.2) is 103 Å². The Labute approximate surface area is 153 Å². The molecule has 0 radical (unpaired) electrons. The molecule has 0 aliphatic carbocycles. The first-order valence-electron chi connectivity index (χ1n) is 8.13. The number of rotatable bonds is 3. The standard InChI is InChI=1S/C18H15P.C4H2O3/c1-4-10-16(11-5-1)19(17-12-6-2-7-13-17)18-14-8-3-9-15-18;5-3-1-2-4(6)7-3/h1-15H;1-2H. The van der Waals surface area contributed by atoms with E-state index in [1.807, 2.05) is 0 Å². The van der Waals surface area contributed by atoms with Crippen LogP contribution >= 0.6 is 7.92 Å². The van der Waals surface area contributed by atoms with Gasteiger partial charge in [0.15, 0.2) is 0 Å². The Morgan fingerprint density at radius 2 is 0.808 bits per heavy atom.